The average Bonchev–Trinajstić information content (AvgIpc) is 3.48. The maximum absolute atomic E-state index is 12.6. The molecule has 1 N–H and O–H groups in total. The van der Waals surface area contributed by atoms with Crippen molar-refractivity contribution in [3.63, 3.8) is 0 Å². The van der Waals surface area contributed by atoms with Crippen molar-refractivity contribution >= 4 is 35.0 Å². The average molecular weight is 485 g/mol. The molecule has 4 rings (SSSR count). The summed E-state index contributed by atoms with van der Waals surface area (Å²) in [5, 5.41) is 12.6. The zero-order valence-electron chi connectivity index (χ0n) is 17.9. The van der Waals surface area contributed by atoms with Gasteiger partial charge in [-0.15, -0.1) is 10.2 Å². The summed E-state index contributed by atoms with van der Waals surface area (Å²) in [4.78, 5) is 12.6. The summed E-state index contributed by atoms with van der Waals surface area (Å²) in [7, 11) is 3.11. The van der Waals surface area contributed by atoms with Gasteiger partial charge in [-0.3, -0.25) is 9.36 Å². The van der Waals surface area contributed by atoms with Gasteiger partial charge in [0.1, 0.15) is 17.3 Å². The minimum Gasteiger partial charge on any atom is -0.497 e. The molecule has 10 heteroatoms. The molecule has 0 fully saturated rings. The van der Waals surface area contributed by atoms with Crippen LogP contribution in [0.3, 0.4) is 0 Å². The van der Waals surface area contributed by atoms with Gasteiger partial charge in [-0.1, -0.05) is 35.5 Å². The Hall–Kier alpha value is -3.43. The number of thioether (sulfide) groups is 1. The van der Waals surface area contributed by atoms with E-state index in [0.717, 1.165) is 11.3 Å². The Morgan fingerprint density at radius 3 is 2.52 bits per heavy atom. The fourth-order valence-electron chi connectivity index (χ4n) is 3.14. The summed E-state index contributed by atoms with van der Waals surface area (Å²) in [6, 6.07) is 16.3. The standard InChI is InChI=1S/C23H21ClN4O4S/c1-30-17-10-15(11-18(12-17)31-2)25-21(29)14-33-23-27-26-22(19-7-3-4-8-20(19)24)28(23)13-16-6-5-9-32-16/h3-12H,13-14H2,1-2H3,(H,25,29). The Bertz CT molecular complexity index is 1220. The third kappa shape index (κ3) is 5.50. The number of halogens is 1. The van der Waals surface area contributed by atoms with E-state index in [-0.39, 0.29) is 11.7 Å². The molecular formula is C23H21ClN4O4S. The Morgan fingerprint density at radius 1 is 1.09 bits per heavy atom. The molecule has 2 heterocycles. The number of aromatic nitrogens is 3. The minimum absolute atomic E-state index is 0.123. The van der Waals surface area contributed by atoms with E-state index < -0.39 is 0 Å². The van der Waals surface area contributed by atoms with Crippen LogP contribution in [0.5, 0.6) is 11.5 Å². The van der Waals surface area contributed by atoms with Crippen molar-refractivity contribution in [3.8, 4) is 22.9 Å². The van der Waals surface area contributed by atoms with Crippen molar-refractivity contribution in [1.29, 1.82) is 0 Å². The van der Waals surface area contributed by atoms with Crippen molar-refractivity contribution < 1.29 is 18.7 Å². The van der Waals surface area contributed by atoms with Gasteiger partial charge in [0, 0.05) is 29.4 Å². The number of carbonyl (C=O) groups is 1. The van der Waals surface area contributed by atoms with Crippen LogP contribution >= 0.6 is 23.4 Å². The number of hydrogen-bond donors (Lipinski definition) is 1. The SMILES string of the molecule is COc1cc(NC(=O)CSc2nnc(-c3ccccc3Cl)n2Cc2ccco2)cc(OC)c1. The molecule has 4 aromatic rings. The number of benzene rings is 2. The summed E-state index contributed by atoms with van der Waals surface area (Å²) in [6.45, 7) is 0.400. The van der Waals surface area contributed by atoms with Gasteiger partial charge in [-0.25, -0.2) is 0 Å². The Kier molecular flexibility index (Phi) is 7.21. The van der Waals surface area contributed by atoms with Gasteiger partial charge in [0.15, 0.2) is 11.0 Å². The third-order valence-electron chi connectivity index (χ3n) is 4.69. The number of carbonyl (C=O) groups excluding carboxylic acids is 1. The molecule has 0 aliphatic carbocycles. The molecular weight excluding hydrogens is 464 g/mol. The molecule has 0 aliphatic heterocycles. The summed E-state index contributed by atoms with van der Waals surface area (Å²) in [5.41, 5.74) is 1.32. The van der Waals surface area contributed by atoms with Gasteiger partial charge < -0.3 is 19.2 Å². The normalized spacial score (nSPS) is 10.8. The van der Waals surface area contributed by atoms with E-state index in [1.54, 1.807) is 44.7 Å². The van der Waals surface area contributed by atoms with Crippen LogP contribution in [0.2, 0.25) is 5.02 Å². The molecule has 0 aliphatic rings. The van der Waals surface area contributed by atoms with E-state index >= 15 is 0 Å². The number of amides is 1. The lowest BCUT2D eigenvalue weighted by Gasteiger charge is -2.11. The number of anilines is 1. The highest BCUT2D eigenvalue weighted by Gasteiger charge is 2.19. The van der Waals surface area contributed by atoms with Crippen LogP contribution in [0.15, 0.2) is 70.4 Å². The third-order valence-corrected chi connectivity index (χ3v) is 5.99. The molecule has 1 amide bonds. The monoisotopic (exact) mass is 484 g/mol. The predicted octanol–water partition coefficient (Wildman–Crippen LogP) is 4.99. The first-order chi connectivity index (χ1) is 16.1. The fraction of sp³-hybridized carbons (Fsp3) is 0.174. The highest BCUT2D eigenvalue weighted by atomic mass is 35.5. The fourth-order valence-corrected chi connectivity index (χ4v) is 4.10. The first-order valence-corrected chi connectivity index (χ1v) is 11.3. The maximum Gasteiger partial charge on any atom is 0.234 e. The van der Waals surface area contributed by atoms with Crippen LogP contribution in [-0.2, 0) is 11.3 Å². The molecule has 0 atom stereocenters. The van der Waals surface area contributed by atoms with Crippen molar-refractivity contribution in [2.24, 2.45) is 0 Å². The van der Waals surface area contributed by atoms with Crippen LogP contribution < -0.4 is 14.8 Å². The molecule has 0 saturated carbocycles. The summed E-state index contributed by atoms with van der Waals surface area (Å²) in [6.07, 6.45) is 1.61. The maximum atomic E-state index is 12.6. The lowest BCUT2D eigenvalue weighted by atomic mass is 10.2. The second kappa shape index (κ2) is 10.5. The quantitative estimate of drug-likeness (QED) is 0.335. The molecule has 33 heavy (non-hydrogen) atoms. The second-order valence-electron chi connectivity index (χ2n) is 6.89. The zero-order chi connectivity index (χ0) is 23.2. The van der Waals surface area contributed by atoms with Crippen LogP contribution in [-0.4, -0.2) is 40.6 Å². The molecule has 170 valence electrons. The smallest absolute Gasteiger partial charge is 0.234 e. The van der Waals surface area contributed by atoms with E-state index in [0.29, 0.717) is 39.7 Å². The van der Waals surface area contributed by atoms with Crippen molar-refractivity contribution in [2.45, 2.75) is 11.7 Å². The highest BCUT2D eigenvalue weighted by Crippen LogP contribution is 2.30. The largest absolute Gasteiger partial charge is 0.497 e. The van der Waals surface area contributed by atoms with Crippen LogP contribution in [0.25, 0.3) is 11.4 Å². The number of nitrogens with one attached hydrogen (secondary N) is 1. The zero-order valence-corrected chi connectivity index (χ0v) is 19.5. The van der Waals surface area contributed by atoms with Crippen LogP contribution in [0.1, 0.15) is 5.76 Å². The summed E-state index contributed by atoms with van der Waals surface area (Å²) < 4.78 is 17.9. The summed E-state index contributed by atoms with van der Waals surface area (Å²) >= 11 is 7.66. The molecule has 0 bridgehead atoms. The molecule has 0 spiro atoms. The lowest BCUT2D eigenvalue weighted by Crippen LogP contribution is -2.15. The van der Waals surface area contributed by atoms with E-state index in [2.05, 4.69) is 15.5 Å². The number of nitrogens with zero attached hydrogens (tertiary/aromatic N) is 3. The van der Waals surface area contributed by atoms with E-state index in [9.17, 15) is 4.79 Å². The van der Waals surface area contributed by atoms with Gasteiger partial charge in [0.05, 0.1) is 37.8 Å². The van der Waals surface area contributed by atoms with Crippen LogP contribution in [0.4, 0.5) is 5.69 Å². The minimum atomic E-state index is -0.206. The molecule has 2 aromatic heterocycles. The van der Waals surface area contributed by atoms with Gasteiger partial charge in [0.25, 0.3) is 0 Å². The Morgan fingerprint density at radius 2 is 1.85 bits per heavy atom. The number of rotatable bonds is 9. The Labute approximate surface area is 199 Å². The van der Waals surface area contributed by atoms with Gasteiger partial charge in [-0.05, 0) is 24.3 Å². The number of hydrogen-bond acceptors (Lipinski definition) is 7. The van der Waals surface area contributed by atoms with E-state index in [1.165, 1.54) is 11.8 Å². The molecule has 0 saturated heterocycles. The summed E-state index contributed by atoms with van der Waals surface area (Å²) in [5.74, 6) is 2.41. The van der Waals surface area contributed by atoms with Crippen molar-refractivity contribution in [1.82, 2.24) is 14.8 Å². The van der Waals surface area contributed by atoms with Gasteiger partial charge in [0.2, 0.25) is 5.91 Å². The first kappa shape index (κ1) is 22.8. The Balaban J connectivity index is 1.53. The van der Waals surface area contributed by atoms with Gasteiger partial charge in [-0.2, -0.15) is 0 Å². The van der Waals surface area contributed by atoms with E-state index in [1.807, 2.05) is 34.9 Å². The highest BCUT2D eigenvalue weighted by molar-refractivity contribution is 7.99. The van der Waals surface area contributed by atoms with Gasteiger partial charge >= 0.3 is 0 Å². The number of methoxy groups -OCH3 is 2. The lowest BCUT2D eigenvalue weighted by molar-refractivity contribution is -0.113. The molecule has 8 nitrogen and oxygen atoms in total. The topological polar surface area (TPSA) is 91.4 Å². The number of furan rings is 1. The van der Waals surface area contributed by atoms with E-state index in [4.69, 9.17) is 25.5 Å². The second-order valence-corrected chi connectivity index (χ2v) is 8.24. The van der Waals surface area contributed by atoms with Crippen LogP contribution in [0, 0.1) is 0 Å². The first-order valence-electron chi connectivity index (χ1n) is 9.93. The van der Waals surface area contributed by atoms with Crippen molar-refractivity contribution in [3.05, 3.63) is 71.6 Å². The molecule has 0 radical (unpaired) electrons. The molecule has 2 aromatic carbocycles. The predicted molar refractivity (Wildman–Crippen MR) is 127 cm³/mol. The van der Waals surface area contributed by atoms with Crippen molar-refractivity contribution in [2.75, 3.05) is 25.3 Å². The number of ether oxygens (including phenoxy) is 2. The molecule has 0 unspecified atom stereocenters.